The highest BCUT2D eigenvalue weighted by Gasteiger charge is 2.30. The van der Waals surface area contributed by atoms with Gasteiger partial charge >= 0.3 is 5.97 Å². The van der Waals surface area contributed by atoms with E-state index >= 15 is 0 Å². The summed E-state index contributed by atoms with van der Waals surface area (Å²) in [5, 5.41) is 9.01. The molecule has 1 N–H and O–H groups in total. The summed E-state index contributed by atoms with van der Waals surface area (Å²) in [6, 6.07) is 7.82. The molecule has 1 fully saturated rings. The Morgan fingerprint density at radius 3 is 2.74 bits per heavy atom. The predicted octanol–water partition coefficient (Wildman–Crippen LogP) is 1.77. The fourth-order valence-corrected chi connectivity index (χ4v) is 2.91. The molecule has 0 aromatic heterocycles. The minimum Gasteiger partial charge on any atom is -0.478 e. The van der Waals surface area contributed by atoms with Gasteiger partial charge in [0.1, 0.15) is 0 Å². The van der Waals surface area contributed by atoms with E-state index in [9.17, 15) is 4.79 Å². The number of rotatable bonds is 4. The quantitative estimate of drug-likeness (QED) is 0.898. The number of likely N-dealkylation sites (N-methyl/N-ethyl adjacent to an activating group) is 1. The fraction of sp³-hybridized carbons (Fsp3) is 0.533. The Morgan fingerprint density at radius 1 is 1.42 bits per heavy atom. The number of hydrogen-bond donors (Lipinski definition) is 1. The first kappa shape index (κ1) is 14.0. The van der Waals surface area contributed by atoms with Crippen LogP contribution < -0.4 is 0 Å². The summed E-state index contributed by atoms with van der Waals surface area (Å²) in [6.07, 6.45) is 0. The molecule has 2 rings (SSSR count). The number of likely N-dealkylation sites (tertiary alicyclic amines) is 1. The van der Waals surface area contributed by atoms with Gasteiger partial charge in [-0.25, -0.2) is 4.79 Å². The van der Waals surface area contributed by atoms with E-state index in [1.54, 1.807) is 12.1 Å². The van der Waals surface area contributed by atoms with Gasteiger partial charge in [-0.05, 0) is 37.7 Å². The molecular formula is C15H22N2O2. The SMILES string of the molecule is CC1CN(Cc2cccc(C(=O)O)c2)CC1N(C)C. The highest BCUT2D eigenvalue weighted by atomic mass is 16.4. The summed E-state index contributed by atoms with van der Waals surface area (Å²) in [7, 11) is 4.24. The number of nitrogens with zero attached hydrogens (tertiary/aromatic N) is 2. The number of benzene rings is 1. The van der Waals surface area contributed by atoms with Crippen LogP contribution in [-0.4, -0.2) is 54.1 Å². The Hall–Kier alpha value is -1.39. The second-order valence-electron chi connectivity index (χ2n) is 5.71. The molecule has 104 valence electrons. The van der Waals surface area contributed by atoms with Crippen LogP contribution in [0.2, 0.25) is 0 Å². The average molecular weight is 262 g/mol. The van der Waals surface area contributed by atoms with Crippen molar-refractivity contribution in [1.82, 2.24) is 9.80 Å². The van der Waals surface area contributed by atoms with Gasteiger partial charge in [-0.15, -0.1) is 0 Å². The van der Waals surface area contributed by atoms with Gasteiger partial charge in [0.25, 0.3) is 0 Å². The Bertz CT molecular complexity index is 459. The van der Waals surface area contributed by atoms with Crippen molar-refractivity contribution in [2.24, 2.45) is 5.92 Å². The fourth-order valence-electron chi connectivity index (χ4n) is 2.91. The lowest BCUT2D eigenvalue weighted by molar-refractivity contribution is 0.0696. The Kier molecular flexibility index (Phi) is 4.22. The van der Waals surface area contributed by atoms with Crippen molar-refractivity contribution in [3.63, 3.8) is 0 Å². The second kappa shape index (κ2) is 5.72. The molecule has 4 nitrogen and oxygen atoms in total. The van der Waals surface area contributed by atoms with Gasteiger partial charge in [0.15, 0.2) is 0 Å². The zero-order chi connectivity index (χ0) is 14.0. The van der Waals surface area contributed by atoms with Crippen molar-refractivity contribution >= 4 is 5.97 Å². The first-order chi connectivity index (χ1) is 8.97. The standard InChI is InChI=1S/C15H22N2O2/c1-11-8-17(10-14(11)16(2)3)9-12-5-4-6-13(7-12)15(18)19/h4-7,11,14H,8-10H2,1-3H3,(H,18,19). The van der Waals surface area contributed by atoms with E-state index in [1.807, 2.05) is 12.1 Å². The molecule has 1 aliphatic heterocycles. The second-order valence-corrected chi connectivity index (χ2v) is 5.71. The lowest BCUT2D eigenvalue weighted by atomic mass is 10.1. The van der Waals surface area contributed by atoms with Crippen LogP contribution in [0, 0.1) is 5.92 Å². The summed E-state index contributed by atoms with van der Waals surface area (Å²) in [6.45, 7) is 5.22. The molecule has 2 unspecified atom stereocenters. The number of aromatic carboxylic acids is 1. The Balaban J connectivity index is 2.02. The van der Waals surface area contributed by atoms with Gasteiger partial charge in [0, 0.05) is 25.7 Å². The third-order valence-corrected chi connectivity index (χ3v) is 3.89. The lowest BCUT2D eigenvalue weighted by Crippen LogP contribution is -2.34. The van der Waals surface area contributed by atoms with Crippen LogP contribution in [0.25, 0.3) is 0 Å². The molecule has 0 saturated carbocycles. The molecule has 0 bridgehead atoms. The van der Waals surface area contributed by atoms with Crippen molar-refractivity contribution in [2.75, 3.05) is 27.2 Å². The molecule has 1 saturated heterocycles. The van der Waals surface area contributed by atoms with Crippen LogP contribution in [0.3, 0.4) is 0 Å². The maximum absolute atomic E-state index is 11.0. The molecular weight excluding hydrogens is 240 g/mol. The van der Waals surface area contributed by atoms with Gasteiger partial charge in [-0.1, -0.05) is 19.1 Å². The summed E-state index contributed by atoms with van der Waals surface area (Å²) >= 11 is 0. The third-order valence-electron chi connectivity index (χ3n) is 3.89. The Morgan fingerprint density at radius 2 is 2.16 bits per heavy atom. The van der Waals surface area contributed by atoms with E-state index in [0.717, 1.165) is 25.2 Å². The summed E-state index contributed by atoms with van der Waals surface area (Å²) in [5.41, 5.74) is 1.44. The number of carboxylic acid groups (broad SMARTS) is 1. The van der Waals surface area contributed by atoms with E-state index in [2.05, 4.69) is 30.8 Å². The van der Waals surface area contributed by atoms with Crippen molar-refractivity contribution in [3.05, 3.63) is 35.4 Å². The summed E-state index contributed by atoms with van der Waals surface area (Å²) in [4.78, 5) is 15.6. The minimum atomic E-state index is -0.859. The molecule has 1 aromatic carbocycles. The maximum atomic E-state index is 11.0. The highest BCUT2D eigenvalue weighted by molar-refractivity contribution is 5.87. The van der Waals surface area contributed by atoms with Crippen LogP contribution in [-0.2, 0) is 6.54 Å². The van der Waals surface area contributed by atoms with Crippen molar-refractivity contribution in [2.45, 2.75) is 19.5 Å². The number of hydrogen-bond acceptors (Lipinski definition) is 3. The van der Waals surface area contributed by atoms with Gasteiger partial charge < -0.3 is 10.0 Å². The van der Waals surface area contributed by atoms with Crippen molar-refractivity contribution in [1.29, 1.82) is 0 Å². The van der Waals surface area contributed by atoms with Gasteiger partial charge in [-0.2, -0.15) is 0 Å². The molecule has 1 aromatic rings. The van der Waals surface area contributed by atoms with Crippen molar-refractivity contribution in [3.8, 4) is 0 Å². The predicted molar refractivity (Wildman–Crippen MR) is 75.3 cm³/mol. The molecule has 2 atom stereocenters. The van der Waals surface area contributed by atoms with Crippen LogP contribution in [0.5, 0.6) is 0 Å². The van der Waals surface area contributed by atoms with Crippen LogP contribution >= 0.6 is 0 Å². The molecule has 1 aliphatic rings. The summed E-state index contributed by atoms with van der Waals surface area (Å²) in [5.74, 6) is -0.208. The molecule has 4 heteroatoms. The van der Waals surface area contributed by atoms with Gasteiger partial charge in [0.05, 0.1) is 5.56 Å². The van der Waals surface area contributed by atoms with Crippen molar-refractivity contribution < 1.29 is 9.90 Å². The van der Waals surface area contributed by atoms with E-state index in [-0.39, 0.29) is 0 Å². The topological polar surface area (TPSA) is 43.8 Å². The van der Waals surface area contributed by atoms with E-state index in [0.29, 0.717) is 17.5 Å². The first-order valence-corrected chi connectivity index (χ1v) is 6.68. The average Bonchev–Trinajstić information content (AvgIpc) is 2.70. The zero-order valence-electron chi connectivity index (χ0n) is 11.8. The monoisotopic (exact) mass is 262 g/mol. The number of carboxylic acids is 1. The van der Waals surface area contributed by atoms with Crippen LogP contribution in [0.1, 0.15) is 22.8 Å². The Labute approximate surface area is 114 Å². The van der Waals surface area contributed by atoms with Crippen LogP contribution in [0.15, 0.2) is 24.3 Å². The highest BCUT2D eigenvalue weighted by Crippen LogP contribution is 2.22. The number of carbonyl (C=O) groups is 1. The smallest absolute Gasteiger partial charge is 0.335 e. The van der Waals surface area contributed by atoms with E-state index in [4.69, 9.17) is 5.11 Å². The van der Waals surface area contributed by atoms with Gasteiger partial charge in [-0.3, -0.25) is 4.90 Å². The molecule has 19 heavy (non-hydrogen) atoms. The maximum Gasteiger partial charge on any atom is 0.335 e. The third kappa shape index (κ3) is 3.33. The molecule has 1 heterocycles. The van der Waals surface area contributed by atoms with E-state index < -0.39 is 5.97 Å². The van der Waals surface area contributed by atoms with Gasteiger partial charge in [0.2, 0.25) is 0 Å². The molecule has 0 amide bonds. The molecule has 0 radical (unpaired) electrons. The van der Waals surface area contributed by atoms with E-state index in [1.165, 1.54) is 0 Å². The molecule has 0 aliphatic carbocycles. The lowest BCUT2D eigenvalue weighted by Gasteiger charge is -2.22. The molecule has 0 spiro atoms. The normalized spacial score (nSPS) is 24.0. The zero-order valence-corrected chi connectivity index (χ0v) is 11.8. The minimum absolute atomic E-state index is 0.369. The first-order valence-electron chi connectivity index (χ1n) is 6.68. The summed E-state index contributed by atoms with van der Waals surface area (Å²) < 4.78 is 0. The van der Waals surface area contributed by atoms with Crippen LogP contribution in [0.4, 0.5) is 0 Å². The largest absolute Gasteiger partial charge is 0.478 e.